The highest BCUT2D eigenvalue weighted by Crippen LogP contribution is 2.22. The van der Waals surface area contributed by atoms with Crippen LogP contribution in [0.25, 0.3) is 6.08 Å². The number of aromatic nitrogens is 2. The van der Waals surface area contributed by atoms with E-state index in [1.165, 1.54) is 23.0 Å². The van der Waals surface area contributed by atoms with Crippen molar-refractivity contribution in [2.24, 2.45) is 5.73 Å². The van der Waals surface area contributed by atoms with Crippen molar-refractivity contribution in [1.82, 2.24) is 9.78 Å². The quantitative estimate of drug-likeness (QED) is 0.504. The van der Waals surface area contributed by atoms with Gasteiger partial charge in [-0.15, -0.1) is 0 Å². The van der Waals surface area contributed by atoms with E-state index in [9.17, 15) is 14.9 Å². The zero-order valence-electron chi connectivity index (χ0n) is 10.0. The summed E-state index contributed by atoms with van der Waals surface area (Å²) < 4.78 is 7.08. The molecule has 104 valence electrons. The van der Waals surface area contributed by atoms with Gasteiger partial charge in [-0.2, -0.15) is 4.68 Å². The fourth-order valence-electron chi connectivity index (χ4n) is 1.48. The highest BCUT2D eigenvalue weighted by atomic mass is 79.9. The average Bonchev–Trinajstić information content (AvgIpc) is 2.94. The highest BCUT2D eigenvalue weighted by molar-refractivity contribution is 9.10. The maximum atomic E-state index is 10.7. The second kappa shape index (κ2) is 5.70. The maximum Gasteiger partial charge on any atom is 0.404 e. The lowest BCUT2D eigenvalue weighted by molar-refractivity contribution is -0.390. The maximum absolute atomic E-state index is 10.7. The molecule has 0 spiro atoms. The first kappa shape index (κ1) is 14.0. The van der Waals surface area contributed by atoms with Crippen molar-refractivity contribution in [1.29, 1.82) is 0 Å². The van der Waals surface area contributed by atoms with E-state index in [1.807, 2.05) is 0 Å². The number of hydrogen-bond donors (Lipinski definition) is 1. The van der Waals surface area contributed by atoms with Gasteiger partial charge in [0, 0.05) is 6.08 Å². The smallest absolute Gasteiger partial charge is 0.404 e. The van der Waals surface area contributed by atoms with E-state index in [4.69, 9.17) is 10.2 Å². The largest absolute Gasteiger partial charge is 0.460 e. The first-order valence-electron chi connectivity index (χ1n) is 5.39. The second-order valence-corrected chi connectivity index (χ2v) is 4.65. The minimum Gasteiger partial charge on any atom is -0.460 e. The summed E-state index contributed by atoms with van der Waals surface area (Å²) >= 11 is 3.06. The van der Waals surface area contributed by atoms with Crippen molar-refractivity contribution in [3.8, 4) is 0 Å². The minimum atomic E-state index is -0.580. The number of furan rings is 1. The van der Waals surface area contributed by atoms with Crippen molar-refractivity contribution in [3.63, 3.8) is 0 Å². The predicted octanol–water partition coefficient (Wildman–Crippen LogP) is 1.69. The number of halogens is 1. The summed E-state index contributed by atoms with van der Waals surface area (Å²) in [4.78, 5) is 20.7. The van der Waals surface area contributed by atoms with Crippen molar-refractivity contribution in [2.45, 2.75) is 6.54 Å². The Balaban J connectivity index is 2.12. The van der Waals surface area contributed by atoms with Gasteiger partial charge in [0.05, 0.1) is 11.3 Å². The summed E-state index contributed by atoms with van der Waals surface area (Å²) in [6.07, 6.45) is 4.10. The van der Waals surface area contributed by atoms with E-state index in [2.05, 4.69) is 21.0 Å². The summed E-state index contributed by atoms with van der Waals surface area (Å²) in [5.74, 6) is 0.165. The number of carbonyl (C=O) groups is 1. The number of nitrogens with two attached hydrogens (primary N) is 1. The van der Waals surface area contributed by atoms with Crippen LogP contribution >= 0.6 is 15.9 Å². The average molecular weight is 341 g/mol. The third-order valence-corrected chi connectivity index (χ3v) is 2.84. The second-order valence-electron chi connectivity index (χ2n) is 3.80. The predicted molar refractivity (Wildman–Crippen MR) is 72.6 cm³/mol. The van der Waals surface area contributed by atoms with Gasteiger partial charge >= 0.3 is 5.82 Å². The van der Waals surface area contributed by atoms with E-state index in [0.717, 1.165) is 0 Å². The molecule has 0 aliphatic heterocycles. The molecule has 0 saturated heterocycles. The van der Waals surface area contributed by atoms with E-state index in [-0.39, 0.29) is 12.4 Å². The molecular weight excluding hydrogens is 332 g/mol. The van der Waals surface area contributed by atoms with Crippen LogP contribution in [0, 0.1) is 10.1 Å². The molecule has 0 aliphatic rings. The van der Waals surface area contributed by atoms with Gasteiger partial charge in [-0.1, -0.05) is 0 Å². The number of nitrogens with zero attached hydrogens (tertiary/aromatic N) is 3. The molecule has 2 N–H and O–H groups in total. The third kappa shape index (κ3) is 3.32. The molecule has 2 aromatic heterocycles. The van der Waals surface area contributed by atoms with Crippen LogP contribution in [0.2, 0.25) is 0 Å². The van der Waals surface area contributed by atoms with Gasteiger partial charge < -0.3 is 20.3 Å². The zero-order chi connectivity index (χ0) is 14.7. The van der Waals surface area contributed by atoms with Crippen LogP contribution < -0.4 is 5.73 Å². The molecule has 2 heterocycles. The fourth-order valence-corrected chi connectivity index (χ4v) is 1.95. The molecule has 0 radical (unpaired) electrons. The summed E-state index contributed by atoms with van der Waals surface area (Å²) in [6.45, 7) is 0.233. The summed E-state index contributed by atoms with van der Waals surface area (Å²) in [6, 6.07) is 3.34. The SMILES string of the molecule is NC(=O)/C=C\c1ccc(Cn2cc(Br)c([N+](=O)[O-])n2)o1. The number of rotatable bonds is 5. The summed E-state index contributed by atoms with van der Waals surface area (Å²) in [5, 5.41) is 14.5. The molecule has 0 aromatic carbocycles. The van der Waals surface area contributed by atoms with Crippen LogP contribution in [0.5, 0.6) is 0 Å². The molecule has 0 aliphatic carbocycles. The molecule has 0 unspecified atom stereocenters. The molecule has 2 rings (SSSR count). The molecule has 8 nitrogen and oxygen atoms in total. The molecular formula is C11H9BrN4O4. The first-order chi connectivity index (χ1) is 9.45. The van der Waals surface area contributed by atoms with Crippen molar-refractivity contribution >= 4 is 33.7 Å². The Kier molecular flexibility index (Phi) is 3.99. The number of amides is 1. The summed E-state index contributed by atoms with van der Waals surface area (Å²) in [7, 11) is 0. The Bertz CT molecular complexity index is 688. The molecule has 20 heavy (non-hydrogen) atoms. The summed E-state index contributed by atoms with van der Waals surface area (Å²) in [5.41, 5.74) is 4.97. The molecule has 2 aromatic rings. The van der Waals surface area contributed by atoms with E-state index >= 15 is 0 Å². The Morgan fingerprint density at radius 1 is 1.60 bits per heavy atom. The molecule has 0 saturated carbocycles. The molecule has 0 fully saturated rings. The number of nitro groups is 1. The van der Waals surface area contributed by atoms with E-state index in [0.29, 0.717) is 16.0 Å². The minimum absolute atomic E-state index is 0.233. The van der Waals surface area contributed by atoms with Gasteiger partial charge in [-0.25, -0.2) is 0 Å². The first-order valence-corrected chi connectivity index (χ1v) is 6.18. The lowest BCUT2D eigenvalue weighted by Gasteiger charge is -1.92. The van der Waals surface area contributed by atoms with E-state index in [1.54, 1.807) is 12.1 Å². The van der Waals surface area contributed by atoms with Gasteiger partial charge in [0.2, 0.25) is 5.91 Å². The Morgan fingerprint density at radius 3 is 2.95 bits per heavy atom. The van der Waals surface area contributed by atoms with Gasteiger partial charge in [0.25, 0.3) is 0 Å². The van der Waals surface area contributed by atoms with Crippen LogP contribution in [0.3, 0.4) is 0 Å². The normalized spacial score (nSPS) is 11.1. The number of carbonyl (C=O) groups excluding carboxylic acids is 1. The lowest BCUT2D eigenvalue weighted by Crippen LogP contribution is -2.04. The van der Waals surface area contributed by atoms with Crippen LogP contribution in [0.15, 0.2) is 33.3 Å². The standard InChI is InChI=1S/C11H9BrN4O4/c12-9-6-15(14-11(9)16(18)19)5-8-2-1-7(20-8)3-4-10(13)17/h1-4,6H,5H2,(H2,13,17)/b4-3-. The van der Waals surface area contributed by atoms with Gasteiger partial charge in [0.15, 0.2) is 0 Å². The van der Waals surface area contributed by atoms with Crippen LogP contribution in [-0.4, -0.2) is 20.6 Å². The Morgan fingerprint density at radius 2 is 2.35 bits per heavy atom. The van der Waals surface area contributed by atoms with Crippen molar-refractivity contribution in [2.75, 3.05) is 0 Å². The van der Waals surface area contributed by atoms with Crippen LogP contribution in [-0.2, 0) is 11.3 Å². The zero-order valence-corrected chi connectivity index (χ0v) is 11.6. The van der Waals surface area contributed by atoms with Crippen LogP contribution in [0.4, 0.5) is 5.82 Å². The van der Waals surface area contributed by atoms with Crippen LogP contribution in [0.1, 0.15) is 11.5 Å². The number of hydrogen-bond acceptors (Lipinski definition) is 5. The molecule has 0 bridgehead atoms. The van der Waals surface area contributed by atoms with Gasteiger partial charge in [-0.05, 0) is 39.1 Å². The highest BCUT2D eigenvalue weighted by Gasteiger charge is 2.19. The lowest BCUT2D eigenvalue weighted by atomic mass is 10.4. The van der Waals surface area contributed by atoms with Crippen molar-refractivity contribution < 1.29 is 14.1 Å². The fraction of sp³-hybridized carbons (Fsp3) is 0.0909. The van der Waals surface area contributed by atoms with Crippen molar-refractivity contribution in [3.05, 3.63) is 50.5 Å². The monoisotopic (exact) mass is 340 g/mol. The van der Waals surface area contributed by atoms with E-state index < -0.39 is 10.8 Å². The Hall–Kier alpha value is -2.42. The van der Waals surface area contributed by atoms with Gasteiger partial charge in [0.1, 0.15) is 22.5 Å². The Labute approximate surface area is 121 Å². The third-order valence-electron chi connectivity index (χ3n) is 2.28. The topological polar surface area (TPSA) is 117 Å². The van der Waals surface area contributed by atoms with Gasteiger partial charge in [-0.3, -0.25) is 4.79 Å². The molecule has 9 heteroatoms. The number of primary amides is 1. The molecule has 0 atom stereocenters. The molecule has 1 amide bonds.